The summed E-state index contributed by atoms with van der Waals surface area (Å²) in [7, 11) is 0. The standard InChI is InChI=1S/C23H22N2O8/c1-14(24-16-8-3-5-10-18(16)32-22(24)28)20(26)30-12-7-13-31-21(27)15(2)25-17-9-4-6-11-19(17)33-23(25)29/h3-6,8-11,14-15H,7,12-13H2,1-2H3. The fourth-order valence-electron chi connectivity index (χ4n) is 3.56. The minimum Gasteiger partial charge on any atom is -0.464 e. The molecule has 0 spiro atoms. The van der Waals surface area contributed by atoms with Crippen molar-refractivity contribution in [3.05, 3.63) is 69.6 Å². The molecule has 0 saturated heterocycles. The molecule has 33 heavy (non-hydrogen) atoms. The maximum Gasteiger partial charge on any atom is 0.420 e. The van der Waals surface area contributed by atoms with E-state index in [0.717, 1.165) is 0 Å². The first-order valence-electron chi connectivity index (χ1n) is 10.4. The van der Waals surface area contributed by atoms with Gasteiger partial charge in [-0.2, -0.15) is 0 Å². The van der Waals surface area contributed by atoms with Crippen LogP contribution in [0, 0.1) is 0 Å². The van der Waals surface area contributed by atoms with E-state index >= 15 is 0 Å². The number of rotatable bonds is 8. The van der Waals surface area contributed by atoms with Crippen LogP contribution in [0.15, 0.2) is 67.0 Å². The number of ether oxygens (including phenoxy) is 2. The number of hydrogen-bond donors (Lipinski definition) is 0. The lowest BCUT2D eigenvalue weighted by Crippen LogP contribution is -2.27. The predicted octanol–water partition coefficient (Wildman–Crippen LogP) is 2.80. The predicted molar refractivity (Wildman–Crippen MR) is 117 cm³/mol. The molecule has 4 rings (SSSR count). The largest absolute Gasteiger partial charge is 0.464 e. The number of nitrogens with zero attached hydrogens (tertiary/aromatic N) is 2. The second-order valence-corrected chi connectivity index (χ2v) is 7.45. The maximum absolute atomic E-state index is 12.4. The van der Waals surface area contributed by atoms with Crippen LogP contribution in [0.25, 0.3) is 22.2 Å². The van der Waals surface area contributed by atoms with Crippen molar-refractivity contribution < 1.29 is 27.9 Å². The van der Waals surface area contributed by atoms with Crippen molar-refractivity contribution in [1.29, 1.82) is 0 Å². The van der Waals surface area contributed by atoms with Crippen LogP contribution in [0.5, 0.6) is 0 Å². The summed E-state index contributed by atoms with van der Waals surface area (Å²) in [6.07, 6.45) is 0.249. The van der Waals surface area contributed by atoms with Gasteiger partial charge in [0.1, 0.15) is 12.1 Å². The van der Waals surface area contributed by atoms with Crippen LogP contribution >= 0.6 is 0 Å². The summed E-state index contributed by atoms with van der Waals surface area (Å²) >= 11 is 0. The molecule has 0 N–H and O–H groups in total. The zero-order chi connectivity index (χ0) is 23.5. The number of carbonyl (C=O) groups is 2. The fraction of sp³-hybridized carbons (Fsp3) is 0.304. The van der Waals surface area contributed by atoms with Gasteiger partial charge < -0.3 is 18.3 Å². The van der Waals surface area contributed by atoms with Crippen molar-refractivity contribution in [2.75, 3.05) is 13.2 Å². The Bertz CT molecular complexity index is 1320. The Morgan fingerprint density at radius 1 is 0.758 bits per heavy atom. The van der Waals surface area contributed by atoms with Gasteiger partial charge in [-0.3, -0.25) is 9.13 Å². The summed E-state index contributed by atoms with van der Waals surface area (Å²) in [5.74, 6) is -2.52. The van der Waals surface area contributed by atoms with Crippen molar-refractivity contribution in [1.82, 2.24) is 9.13 Å². The summed E-state index contributed by atoms with van der Waals surface area (Å²) in [4.78, 5) is 49.0. The Morgan fingerprint density at radius 3 is 1.58 bits per heavy atom. The Hall–Kier alpha value is -4.08. The Balaban J connectivity index is 1.28. The van der Waals surface area contributed by atoms with Crippen molar-refractivity contribution in [2.24, 2.45) is 0 Å². The first kappa shape index (κ1) is 22.1. The number of para-hydroxylation sites is 4. The lowest BCUT2D eigenvalue weighted by Gasteiger charge is -2.14. The number of carbonyl (C=O) groups excluding carboxylic acids is 2. The molecule has 4 aromatic rings. The van der Waals surface area contributed by atoms with Gasteiger partial charge >= 0.3 is 23.5 Å². The van der Waals surface area contributed by atoms with E-state index in [9.17, 15) is 19.2 Å². The fourth-order valence-corrected chi connectivity index (χ4v) is 3.56. The molecule has 2 unspecified atom stereocenters. The van der Waals surface area contributed by atoms with Crippen molar-refractivity contribution in [2.45, 2.75) is 32.4 Å². The second kappa shape index (κ2) is 9.19. The molecule has 0 saturated carbocycles. The van der Waals surface area contributed by atoms with Gasteiger partial charge in [0.2, 0.25) is 0 Å². The molecule has 0 aliphatic heterocycles. The molecule has 10 nitrogen and oxygen atoms in total. The second-order valence-electron chi connectivity index (χ2n) is 7.45. The van der Waals surface area contributed by atoms with Crippen molar-refractivity contribution in [3.63, 3.8) is 0 Å². The van der Waals surface area contributed by atoms with E-state index in [2.05, 4.69) is 0 Å². The van der Waals surface area contributed by atoms with E-state index in [1.54, 1.807) is 62.4 Å². The molecular weight excluding hydrogens is 432 g/mol. The zero-order valence-corrected chi connectivity index (χ0v) is 18.1. The van der Waals surface area contributed by atoms with Gasteiger partial charge in [-0.25, -0.2) is 19.2 Å². The highest BCUT2D eigenvalue weighted by molar-refractivity contribution is 5.80. The molecule has 2 atom stereocenters. The molecule has 0 aliphatic carbocycles. The van der Waals surface area contributed by atoms with Gasteiger partial charge in [0.25, 0.3) is 0 Å². The molecule has 0 bridgehead atoms. The Labute approximate surface area is 186 Å². The highest BCUT2D eigenvalue weighted by Crippen LogP contribution is 2.19. The minimum absolute atomic E-state index is 0.00996. The van der Waals surface area contributed by atoms with Gasteiger partial charge in [0, 0.05) is 6.42 Å². The van der Waals surface area contributed by atoms with E-state index < -0.39 is 35.5 Å². The summed E-state index contributed by atoms with van der Waals surface area (Å²) in [6.45, 7) is 3.06. The topological polar surface area (TPSA) is 123 Å². The Morgan fingerprint density at radius 2 is 1.15 bits per heavy atom. The van der Waals surface area contributed by atoms with E-state index in [4.69, 9.17) is 18.3 Å². The molecular formula is C23H22N2O8. The van der Waals surface area contributed by atoms with E-state index in [0.29, 0.717) is 22.2 Å². The van der Waals surface area contributed by atoms with E-state index in [-0.39, 0.29) is 19.6 Å². The Kier molecular flexibility index (Phi) is 6.16. The van der Waals surface area contributed by atoms with Crippen LogP contribution in [-0.2, 0) is 19.1 Å². The number of aromatic nitrogens is 2. The zero-order valence-electron chi connectivity index (χ0n) is 18.1. The number of oxazole rings is 2. The third-order valence-corrected chi connectivity index (χ3v) is 5.27. The third-order valence-electron chi connectivity index (χ3n) is 5.27. The third kappa shape index (κ3) is 4.32. The van der Waals surface area contributed by atoms with Crippen molar-refractivity contribution in [3.8, 4) is 0 Å². The summed E-state index contributed by atoms with van der Waals surface area (Å²) < 4.78 is 23.2. The first-order valence-corrected chi connectivity index (χ1v) is 10.4. The molecule has 172 valence electrons. The lowest BCUT2D eigenvalue weighted by atomic mass is 10.3. The van der Waals surface area contributed by atoms with Crippen LogP contribution in [0.4, 0.5) is 0 Å². The van der Waals surface area contributed by atoms with Crippen LogP contribution in [0.2, 0.25) is 0 Å². The molecule has 0 aliphatic rings. The molecule has 0 fully saturated rings. The number of esters is 2. The average Bonchev–Trinajstić information content (AvgIpc) is 3.32. The van der Waals surface area contributed by atoms with Crippen LogP contribution in [0.3, 0.4) is 0 Å². The number of fused-ring (bicyclic) bond motifs is 2. The van der Waals surface area contributed by atoms with Gasteiger partial charge in [-0.05, 0) is 38.1 Å². The average molecular weight is 454 g/mol. The molecule has 2 aromatic carbocycles. The smallest absolute Gasteiger partial charge is 0.420 e. The normalized spacial score (nSPS) is 13.2. The monoisotopic (exact) mass is 454 g/mol. The number of benzene rings is 2. The number of hydrogen-bond acceptors (Lipinski definition) is 8. The SMILES string of the molecule is CC(C(=O)OCCCOC(=O)C(C)n1c(=O)oc2ccccc21)n1c(=O)oc2ccccc21. The quantitative estimate of drug-likeness (QED) is 0.294. The van der Waals surface area contributed by atoms with Crippen LogP contribution in [-0.4, -0.2) is 34.3 Å². The highest BCUT2D eigenvalue weighted by Gasteiger charge is 2.24. The molecule has 0 amide bonds. The van der Waals surface area contributed by atoms with Crippen LogP contribution < -0.4 is 11.5 Å². The summed E-state index contributed by atoms with van der Waals surface area (Å²) in [5.41, 5.74) is 1.76. The van der Waals surface area contributed by atoms with Crippen molar-refractivity contribution >= 4 is 34.1 Å². The van der Waals surface area contributed by atoms with Gasteiger partial charge in [-0.15, -0.1) is 0 Å². The maximum atomic E-state index is 12.4. The first-order chi connectivity index (χ1) is 15.9. The van der Waals surface area contributed by atoms with Gasteiger partial charge in [0.15, 0.2) is 11.2 Å². The molecule has 10 heteroatoms. The van der Waals surface area contributed by atoms with E-state index in [1.807, 2.05) is 0 Å². The molecule has 0 radical (unpaired) electrons. The minimum atomic E-state index is -0.884. The highest BCUT2D eigenvalue weighted by atomic mass is 16.5. The lowest BCUT2D eigenvalue weighted by molar-refractivity contribution is -0.149. The molecule has 2 heterocycles. The van der Waals surface area contributed by atoms with Gasteiger partial charge in [-0.1, -0.05) is 24.3 Å². The molecule has 2 aromatic heterocycles. The van der Waals surface area contributed by atoms with E-state index in [1.165, 1.54) is 9.13 Å². The van der Waals surface area contributed by atoms with Gasteiger partial charge in [0.05, 0.1) is 24.2 Å². The van der Waals surface area contributed by atoms with Crippen LogP contribution in [0.1, 0.15) is 32.4 Å². The summed E-state index contributed by atoms with van der Waals surface area (Å²) in [5, 5.41) is 0. The summed E-state index contributed by atoms with van der Waals surface area (Å²) in [6, 6.07) is 11.8.